The maximum absolute atomic E-state index is 14.2. The molecule has 2 amide bonds. The Bertz CT molecular complexity index is 2500. The topological polar surface area (TPSA) is 159 Å². The summed E-state index contributed by atoms with van der Waals surface area (Å²) >= 11 is 0. The number of amides is 2. The van der Waals surface area contributed by atoms with Gasteiger partial charge in [-0.2, -0.15) is 52.7 Å². The molecule has 6 rings (SSSR count). The van der Waals surface area contributed by atoms with Crippen molar-refractivity contribution in [2.45, 2.75) is 91.1 Å². The molecule has 2 heterocycles. The number of carbonyl (C=O) groups is 2. The Morgan fingerprint density at radius 2 is 0.956 bits per heavy atom. The number of carbonyl (C=O) groups excluding carboxylic acids is 2. The lowest BCUT2D eigenvalue weighted by molar-refractivity contribution is -0.377. The number of benzene rings is 2. The van der Waals surface area contributed by atoms with Gasteiger partial charge in [0.15, 0.2) is 0 Å². The third-order valence-corrected chi connectivity index (χ3v) is 14.9. The van der Waals surface area contributed by atoms with Gasteiger partial charge in [-0.25, -0.2) is 4.39 Å². The highest BCUT2D eigenvalue weighted by Gasteiger charge is 2.73. The summed E-state index contributed by atoms with van der Waals surface area (Å²) in [5.74, 6) is 5.77. The number of hydrogen-bond acceptors (Lipinski definition) is 8. The summed E-state index contributed by atoms with van der Waals surface area (Å²) in [4.78, 5) is 33.5. The van der Waals surface area contributed by atoms with Gasteiger partial charge in [0.2, 0.25) is 11.8 Å². The summed E-state index contributed by atoms with van der Waals surface area (Å²) in [5, 5.41) is 23.4. The van der Waals surface area contributed by atoms with E-state index in [0.717, 1.165) is 44.7 Å². The number of alkyl halides is 12. The van der Waals surface area contributed by atoms with Crippen LogP contribution in [0.3, 0.4) is 0 Å². The fraction of sp³-hybridized carbons (Fsp3) is 0.395. The van der Waals surface area contributed by atoms with Gasteiger partial charge in [-0.05, 0) is 129 Å². The molecule has 2 unspecified atom stereocenters. The third-order valence-electron chi connectivity index (χ3n) is 10.7. The van der Waals surface area contributed by atoms with Gasteiger partial charge in [-0.3, -0.25) is 28.0 Å². The number of aryl methyl sites for hydroxylation is 1. The molecule has 68 heavy (non-hydrogen) atoms. The van der Waals surface area contributed by atoms with Crippen molar-refractivity contribution in [2.24, 2.45) is 11.8 Å². The first-order valence-electron chi connectivity index (χ1n) is 19.9. The lowest BCUT2D eigenvalue weighted by Crippen LogP contribution is -2.54. The van der Waals surface area contributed by atoms with Gasteiger partial charge in [-0.1, -0.05) is 12.1 Å². The highest BCUT2D eigenvalue weighted by molar-refractivity contribution is 8.00. The van der Waals surface area contributed by atoms with Crippen molar-refractivity contribution in [2.75, 3.05) is 22.1 Å². The van der Waals surface area contributed by atoms with Crippen LogP contribution in [0.5, 0.6) is 0 Å². The molecule has 2 saturated carbocycles. The van der Waals surface area contributed by atoms with Gasteiger partial charge in [0, 0.05) is 67.6 Å². The average Bonchev–Trinajstić information content (AvgIpc) is 4.15. The Balaban J connectivity index is 0.000000254. The molecule has 0 bridgehead atoms. The van der Waals surface area contributed by atoms with Gasteiger partial charge in [0.05, 0.1) is 12.8 Å². The number of aliphatic hydroxyl groups is 2. The fourth-order valence-corrected chi connectivity index (χ4v) is 10.4. The van der Waals surface area contributed by atoms with E-state index in [1.54, 1.807) is 6.07 Å². The fourth-order valence-electron chi connectivity index (χ4n) is 6.70. The first kappa shape index (κ1) is 53.7. The van der Waals surface area contributed by atoms with Gasteiger partial charge in [0.25, 0.3) is 11.2 Å². The molecule has 2 aromatic carbocycles. The van der Waals surface area contributed by atoms with Crippen LogP contribution in [-0.2, 0) is 52.7 Å². The average molecular weight is 1020 g/mol. The summed E-state index contributed by atoms with van der Waals surface area (Å²) in [6.45, 7) is 0.964. The maximum atomic E-state index is 14.2. The van der Waals surface area contributed by atoms with Crippen LogP contribution in [0.15, 0.2) is 82.8 Å². The zero-order valence-corrected chi connectivity index (χ0v) is 36.9. The molecule has 0 spiro atoms. The van der Waals surface area contributed by atoms with Crippen LogP contribution in [0.2, 0.25) is 0 Å². The predicted octanol–water partition coefficient (Wildman–Crippen LogP) is 8.57. The smallest absolute Gasteiger partial charge is 0.369 e. The molecule has 2 fully saturated rings. The van der Waals surface area contributed by atoms with Crippen molar-refractivity contribution in [1.82, 2.24) is 9.97 Å². The second-order valence-electron chi connectivity index (χ2n) is 16.4. The summed E-state index contributed by atoms with van der Waals surface area (Å²) in [6.07, 6.45) is -18.4. The van der Waals surface area contributed by atoms with Crippen molar-refractivity contribution in [3.8, 4) is 0 Å². The highest BCUT2D eigenvalue weighted by atomic mass is 32.2. The molecule has 2 aliphatic rings. The zero-order valence-electron chi connectivity index (χ0n) is 35.3. The Morgan fingerprint density at radius 1 is 0.603 bits per heavy atom. The Morgan fingerprint density at radius 3 is 1.26 bits per heavy atom. The number of pyridine rings is 2. The normalized spacial score (nSPS) is 16.7. The number of rotatable bonds is 14. The molecule has 372 valence electrons. The second kappa shape index (κ2) is 19.3. The number of aromatic nitrogens is 2. The lowest BCUT2D eigenvalue weighted by Gasteiger charge is -2.33. The van der Waals surface area contributed by atoms with Crippen molar-refractivity contribution in [3.05, 3.63) is 107 Å². The number of halogens is 13. The summed E-state index contributed by atoms with van der Waals surface area (Å²) in [6, 6.07) is 9.19. The predicted molar refractivity (Wildman–Crippen MR) is 225 cm³/mol. The van der Waals surface area contributed by atoms with Crippen LogP contribution in [0.4, 0.5) is 68.5 Å². The molecular weight excluding hydrogens is 980 g/mol. The van der Waals surface area contributed by atoms with Crippen molar-refractivity contribution < 1.29 is 85.3 Å². The van der Waals surface area contributed by atoms with E-state index in [2.05, 4.69) is 32.3 Å². The first-order valence-corrected chi connectivity index (χ1v) is 23.7. The molecular formula is C43H41F13N4O6S2. The van der Waals surface area contributed by atoms with E-state index < -0.39 is 95.0 Å². The zero-order chi connectivity index (χ0) is 51.1. The molecule has 10 nitrogen and oxygen atoms in total. The molecule has 4 N–H and O–H groups in total. The molecule has 2 aromatic heterocycles. The van der Waals surface area contributed by atoms with Crippen LogP contribution in [0, 0.1) is 24.6 Å². The Hall–Kier alpha value is -5.27. The number of hydrogen-bond donors (Lipinski definition) is 4. The monoisotopic (exact) mass is 1020 g/mol. The molecule has 4 aromatic rings. The highest BCUT2D eigenvalue weighted by Crippen LogP contribution is 2.52. The minimum atomic E-state index is -6.25. The van der Waals surface area contributed by atoms with E-state index in [0.29, 0.717) is 51.0 Å². The second-order valence-corrected chi connectivity index (χ2v) is 21.3. The van der Waals surface area contributed by atoms with Gasteiger partial charge < -0.3 is 20.8 Å². The van der Waals surface area contributed by atoms with Gasteiger partial charge in [0.1, 0.15) is 5.82 Å². The third kappa shape index (κ3) is 12.3. The number of nitrogens with zero attached hydrogens (tertiary/aromatic N) is 2. The van der Waals surface area contributed by atoms with Crippen molar-refractivity contribution in [3.63, 3.8) is 0 Å². The lowest BCUT2D eigenvalue weighted by atomic mass is 9.88. The first-order chi connectivity index (χ1) is 31.1. The summed E-state index contributed by atoms with van der Waals surface area (Å²) in [7, 11) is -4.99. The number of nitrogens with one attached hydrogen (secondary N) is 2. The Kier molecular flexibility index (Phi) is 15.2. The maximum Gasteiger partial charge on any atom is 0.430 e. The van der Waals surface area contributed by atoms with E-state index in [-0.39, 0.29) is 36.4 Å². The van der Waals surface area contributed by atoms with E-state index in [9.17, 15) is 85.3 Å². The molecule has 0 aliphatic heterocycles. The molecule has 2 atom stereocenters. The molecule has 2 aliphatic carbocycles. The number of anilines is 2. The van der Waals surface area contributed by atoms with E-state index in [1.165, 1.54) is 30.6 Å². The van der Waals surface area contributed by atoms with Crippen LogP contribution < -0.4 is 10.6 Å². The van der Waals surface area contributed by atoms with Gasteiger partial charge in [-0.15, -0.1) is 0 Å². The molecule has 0 radical (unpaired) electrons. The summed E-state index contributed by atoms with van der Waals surface area (Å²) < 4.78 is 196. The Labute approximate surface area is 380 Å². The van der Waals surface area contributed by atoms with Gasteiger partial charge >= 0.3 is 24.7 Å². The quantitative estimate of drug-likeness (QED) is 0.0723. The van der Waals surface area contributed by atoms with Crippen molar-refractivity contribution >= 4 is 54.0 Å². The van der Waals surface area contributed by atoms with Crippen LogP contribution in [0.25, 0.3) is 0 Å². The summed E-state index contributed by atoms with van der Waals surface area (Å²) in [5.41, 5.74) is -14.4. The van der Waals surface area contributed by atoms with Crippen LogP contribution in [-0.4, -0.2) is 88.4 Å². The minimum Gasteiger partial charge on any atom is -0.369 e. The minimum absolute atomic E-state index is 0.0558. The van der Waals surface area contributed by atoms with E-state index >= 15 is 0 Å². The van der Waals surface area contributed by atoms with Crippen molar-refractivity contribution in [1.29, 1.82) is 0 Å². The van der Waals surface area contributed by atoms with Crippen LogP contribution in [0.1, 0.15) is 53.8 Å². The standard InChI is InChI=1S/C22H22F6N2O3S.C21H19F7N2O3S/c1-13-9-16(6-8-18(13)20(32,21(23,24)25)22(26,27)28)30-19(31)10-15-5-7-17(11-29-15)34(2,33)12-14-3-4-14;1-34(33,11-12-2-3-12)15-6-4-13(29-10-15)9-18(31)30-14-5-7-16(17(22)8-14)19(32,20(23,24)25)21(26,27)28/h5-9,11,14,32H,2-4,10,12H2,1H3,(H,30,31);4-8,10,12,32H,1-3,9,11H2,(H,30,31). The largest absolute Gasteiger partial charge is 0.430 e. The molecule has 25 heteroatoms. The molecule has 0 saturated heterocycles. The van der Waals surface area contributed by atoms with E-state index in [4.69, 9.17) is 0 Å². The van der Waals surface area contributed by atoms with Crippen LogP contribution >= 0.6 is 0 Å². The SMILES string of the molecule is C=S(=O)(CC1CC1)c1ccc(CC(=O)Nc2ccc(C(O)(C(F)(F)F)C(F)(F)F)c(C)c2)nc1.C=S(=O)(CC1CC1)c1ccc(CC(=O)Nc2ccc(C(O)(C(F)(F)F)C(F)(F)F)c(F)c2)nc1. The van der Waals surface area contributed by atoms with E-state index in [1.807, 2.05) is 0 Å².